The van der Waals surface area contributed by atoms with Crippen LogP contribution in [0, 0.1) is 5.92 Å². The van der Waals surface area contributed by atoms with Crippen molar-refractivity contribution in [2.45, 2.75) is 33.0 Å². The highest BCUT2D eigenvalue weighted by Crippen LogP contribution is 2.16. The van der Waals surface area contributed by atoms with Crippen molar-refractivity contribution in [1.29, 1.82) is 0 Å². The van der Waals surface area contributed by atoms with Gasteiger partial charge in [-0.15, -0.1) is 6.58 Å². The maximum atomic E-state index is 10.3. The van der Waals surface area contributed by atoms with Crippen LogP contribution < -0.4 is 4.74 Å². The highest BCUT2D eigenvalue weighted by atomic mass is 16.5. The van der Waals surface area contributed by atoms with Gasteiger partial charge in [0.05, 0.1) is 26.4 Å². The predicted octanol–water partition coefficient (Wildman–Crippen LogP) is 3.57. The van der Waals surface area contributed by atoms with Gasteiger partial charge < -0.3 is 19.1 Å². The van der Waals surface area contributed by atoms with Crippen LogP contribution in [0.4, 0.5) is 0 Å². The van der Waals surface area contributed by atoms with Crippen LogP contribution in [0.3, 0.4) is 0 Å². The molecular formula is C23H34N2O3. The van der Waals surface area contributed by atoms with Crippen LogP contribution in [0.5, 0.6) is 5.75 Å². The average molecular weight is 387 g/mol. The molecule has 0 aliphatic rings. The third-order valence-electron chi connectivity index (χ3n) is 4.43. The van der Waals surface area contributed by atoms with Crippen molar-refractivity contribution in [1.82, 2.24) is 9.47 Å². The molecule has 0 fully saturated rings. The van der Waals surface area contributed by atoms with E-state index in [1.54, 1.807) is 13.2 Å². The first-order valence-electron chi connectivity index (χ1n) is 9.87. The minimum absolute atomic E-state index is 0.325. The Hall–Kier alpha value is -2.08. The summed E-state index contributed by atoms with van der Waals surface area (Å²) in [6, 6.07) is 12.4. The minimum atomic E-state index is -0.513. The molecule has 1 heterocycles. The Morgan fingerprint density at radius 1 is 1.21 bits per heavy atom. The Kier molecular flexibility index (Phi) is 9.28. The molecule has 0 saturated heterocycles. The summed E-state index contributed by atoms with van der Waals surface area (Å²) in [6.45, 7) is 11.9. The maximum Gasteiger partial charge on any atom is 0.119 e. The quantitative estimate of drug-likeness (QED) is 0.422. The molecule has 1 aromatic carbocycles. The van der Waals surface area contributed by atoms with Crippen molar-refractivity contribution in [3.63, 3.8) is 0 Å². The van der Waals surface area contributed by atoms with Crippen molar-refractivity contribution in [3.8, 4) is 5.75 Å². The van der Waals surface area contributed by atoms with Crippen LogP contribution in [0.25, 0.3) is 0 Å². The van der Waals surface area contributed by atoms with Crippen molar-refractivity contribution >= 4 is 0 Å². The normalized spacial score (nSPS) is 12.5. The fraction of sp³-hybridized carbons (Fsp3) is 0.478. The highest BCUT2D eigenvalue weighted by Gasteiger charge is 2.15. The molecule has 5 heteroatoms. The Labute approximate surface area is 169 Å². The molecule has 0 amide bonds. The smallest absolute Gasteiger partial charge is 0.119 e. The molecule has 1 unspecified atom stereocenters. The third-order valence-corrected chi connectivity index (χ3v) is 4.43. The van der Waals surface area contributed by atoms with Gasteiger partial charge in [-0.05, 0) is 35.7 Å². The van der Waals surface area contributed by atoms with Crippen LogP contribution in [-0.2, 0) is 17.8 Å². The van der Waals surface area contributed by atoms with Crippen LogP contribution in [0.15, 0.2) is 55.3 Å². The molecule has 0 saturated carbocycles. The summed E-state index contributed by atoms with van der Waals surface area (Å²) >= 11 is 0. The molecular weight excluding hydrogens is 352 g/mol. The molecule has 1 N–H and O–H groups in total. The number of benzene rings is 1. The average Bonchev–Trinajstić information content (AvgIpc) is 3.08. The molecule has 0 bridgehead atoms. The second-order valence-electron chi connectivity index (χ2n) is 7.55. The molecule has 2 rings (SSSR count). The summed E-state index contributed by atoms with van der Waals surface area (Å²) in [4.78, 5) is 2.30. The van der Waals surface area contributed by atoms with Crippen molar-refractivity contribution < 1.29 is 14.6 Å². The van der Waals surface area contributed by atoms with Gasteiger partial charge in [-0.3, -0.25) is 4.90 Å². The Morgan fingerprint density at radius 3 is 2.75 bits per heavy atom. The largest absolute Gasteiger partial charge is 0.497 e. The molecule has 2 aromatic rings. The lowest BCUT2D eigenvalue weighted by atomic mass is 10.2. The van der Waals surface area contributed by atoms with Gasteiger partial charge in [0.15, 0.2) is 0 Å². The van der Waals surface area contributed by atoms with Crippen LogP contribution in [0.2, 0.25) is 0 Å². The van der Waals surface area contributed by atoms with E-state index in [0.29, 0.717) is 25.7 Å². The summed E-state index contributed by atoms with van der Waals surface area (Å²) in [5.74, 6) is 1.39. The summed E-state index contributed by atoms with van der Waals surface area (Å²) < 4.78 is 13.0. The van der Waals surface area contributed by atoms with Crippen molar-refractivity contribution in [3.05, 3.63) is 66.5 Å². The maximum absolute atomic E-state index is 10.3. The van der Waals surface area contributed by atoms with E-state index in [-0.39, 0.29) is 0 Å². The van der Waals surface area contributed by atoms with Gasteiger partial charge in [0.2, 0.25) is 0 Å². The molecule has 0 aliphatic heterocycles. The van der Waals surface area contributed by atoms with E-state index in [1.807, 2.05) is 12.1 Å². The molecule has 1 atom stereocenters. The first-order valence-corrected chi connectivity index (χ1v) is 9.87. The number of hydrogen-bond acceptors (Lipinski definition) is 4. The number of hydrogen-bond donors (Lipinski definition) is 1. The van der Waals surface area contributed by atoms with Gasteiger partial charge in [0.1, 0.15) is 5.75 Å². The van der Waals surface area contributed by atoms with Crippen LogP contribution in [0.1, 0.15) is 25.1 Å². The van der Waals surface area contributed by atoms with Gasteiger partial charge in [-0.25, -0.2) is 0 Å². The van der Waals surface area contributed by atoms with E-state index in [2.05, 4.69) is 60.4 Å². The molecule has 0 aliphatic carbocycles. The van der Waals surface area contributed by atoms with E-state index in [4.69, 9.17) is 9.47 Å². The van der Waals surface area contributed by atoms with Gasteiger partial charge in [-0.2, -0.15) is 0 Å². The summed E-state index contributed by atoms with van der Waals surface area (Å²) in [5, 5.41) is 10.3. The molecule has 5 nitrogen and oxygen atoms in total. The van der Waals surface area contributed by atoms with E-state index in [9.17, 15) is 5.11 Å². The Bertz CT molecular complexity index is 711. The number of methoxy groups -OCH3 is 1. The number of ether oxygens (including phenoxy) is 2. The number of aliphatic hydroxyl groups is 1. The molecule has 28 heavy (non-hydrogen) atoms. The molecule has 0 spiro atoms. The fourth-order valence-electron chi connectivity index (χ4n) is 3.30. The molecule has 0 radical (unpaired) electrons. The lowest BCUT2D eigenvalue weighted by Crippen LogP contribution is -2.37. The zero-order valence-corrected chi connectivity index (χ0v) is 17.4. The van der Waals surface area contributed by atoms with Crippen LogP contribution in [-0.4, -0.2) is 54.1 Å². The Morgan fingerprint density at radius 2 is 2.04 bits per heavy atom. The SMILES string of the molecule is C=CCOCC(O)CN(Cc1cccn1Cc1cccc(OC)c1)CC(C)C. The van der Waals surface area contributed by atoms with Gasteiger partial charge in [-0.1, -0.05) is 32.1 Å². The molecule has 154 valence electrons. The lowest BCUT2D eigenvalue weighted by molar-refractivity contribution is 0.0219. The topological polar surface area (TPSA) is 46.9 Å². The first-order chi connectivity index (χ1) is 13.5. The number of nitrogens with zero attached hydrogens (tertiary/aromatic N) is 2. The zero-order valence-electron chi connectivity index (χ0n) is 17.4. The van der Waals surface area contributed by atoms with Crippen molar-refractivity contribution in [2.75, 3.05) is 33.4 Å². The lowest BCUT2D eigenvalue weighted by Gasteiger charge is -2.27. The van der Waals surface area contributed by atoms with Gasteiger partial charge in [0.25, 0.3) is 0 Å². The highest BCUT2D eigenvalue weighted by molar-refractivity contribution is 5.29. The van der Waals surface area contributed by atoms with Crippen LogP contribution >= 0.6 is 0 Å². The third kappa shape index (κ3) is 7.50. The predicted molar refractivity (Wildman–Crippen MR) is 114 cm³/mol. The van der Waals surface area contributed by atoms with E-state index < -0.39 is 6.10 Å². The second kappa shape index (κ2) is 11.7. The Balaban J connectivity index is 2.03. The number of aliphatic hydroxyl groups excluding tert-OH is 1. The van der Waals surface area contributed by atoms with Crippen molar-refractivity contribution in [2.24, 2.45) is 5.92 Å². The summed E-state index contributed by atoms with van der Waals surface area (Å²) in [6.07, 6.45) is 3.29. The van der Waals surface area contributed by atoms with Gasteiger partial charge >= 0.3 is 0 Å². The summed E-state index contributed by atoms with van der Waals surface area (Å²) in [7, 11) is 1.69. The summed E-state index contributed by atoms with van der Waals surface area (Å²) in [5.41, 5.74) is 2.42. The van der Waals surface area contributed by atoms with E-state index in [1.165, 1.54) is 11.3 Å². The second-order valence-corrected chi connectivity index (χ2v) is 7.55. The number of aromatic nitrogens is 1. The molecule has 1 aromatic heterocycles. The van der Waals surface area contributed by atoms with Gasteiger partial charge in [0, 0.05) is 38.1 Å². The minimum Gasteiger partial charge on any atom is -0.497 e. The number of rotatable bonds is 13. The fourth-order valence-corrected chi connectivity index (χ4v) is 3.30. The first kappa shape index (κ1) is 22.2. The van der Waals surface area contributed by atoms with E-state index in [0.717, 1.165) is 25.4 Å². The standard InChI is InChI=1S/C23H34N2O3/c1-5-12-28-18-22(26)17-24(14-19(2)3)16-21-9-7-11-25(21)15-20-8-6-10-23(13-20)27-4/h5-11,13,19,22,26H,1,12,14-18H2,2-4H3. The van der Waals surface area contributed by atoms with E-state index >= 15 is 0 Å². The zero-order chi connectivity index (χ0) is 20.4. The monoisotopic (exact) mass is 386 g/mol.